The number of carboxylic acids is 1. The van der Waals surface area contributed by atoms with Gasteiger partial charge in [0, 0.05) is 37.2 Å². The van der Waals surface area contributed by atoms with Gasteiger partial charge in [0.2, 0.25) is 5.91 Å². The molecule has 1 aromatic heterocycles. The van der Waals surface area contributed by atoms with E-state index < -0.39 is 11.9 Å². The van der Waals surface area contributed by atoms with Crippen LogP contribution in [0.1, 0.15) is 67.2 Å². The van der Waals surface area contributed by atoms with Crippen LogP contribution in [0.5, 0.6) is 0 Å². The van der Waals surface area contributed by atoms with Gasteiger partial charge in [0.1, 0.15) is 5.82 Å². The molecule has 2 unspecified atom stereocenters. The summed E-state index contributed by atoms with van der Waals surface area (Å²) < 4.78 is 0. The highest BCUT2D eigenvalue weighted by atomic mass is 16.4. The molecule has 33 heavy (non-hydrogen) atoms. The maximum atomic E-state index is 13.3. The lowest BCUT2D eigenvalue weighted by Gasteiger charge is -2.34. The summed E-state index contributed by atoms with van der Waals surface area (Å²) in [6.45, 7) is 2.52. The lowest BCUT2D eigenvalue weighted by atomic mass is 9.84. The SMILES string of the molecule is O=C(O)C(c1ccccc1)C1CC[C@@H](C(=O)N2CCC(c3ccc4c(n3)NCCC4)CC2)C1. The number of aryl methyl sites for hydroxylation is 1. The number of fused-ring (bicyclic) bond motifs is 1. The van der Waals surface area contributed by atoms with Crippen molar-refractivity contribution in [2.75, 3.05) is 25.0 Å². The third-order valence-electron chi connectivity index (χ3n) is 7.86. The number of amides is 1. The number of anilines is 1. The van der Waals surface area contributed by atoms with Crippen LogP contribution in [0, 0.1) is 11.8 Å². The zero-order valence-corrected chi connectivity index (χ0v) is 19.1. The number of benzene rings is 1. The fraction of sp³-hybridized carbons (Fsp3) is 0.519. The van der Waals surface area contributed by atoms with Crippen molar-refractivity contribution < 1.29 is 14.7 Å². The van der Waals surface area contributed by atoms with Crippen LogP contribution in [0.3, 0.4) is 0 Å². The van der Waals surface area contributed by atoms with Crippen molar-refractivity contribution in [1.82, 2.24) is 9.88 Å². The predicted molar refractivity (Wildman–Crippen MR) is 127 cm³/mol. The van der Waals surface area contributed by atoms with Crippen molar-refractivity contribution in [2.24, 2.45) is 11.8 Å². The largest absolute Gasteiger partial charge is 0.481 e. The molecule has 1 amide bonds. The first-order valence-corrected chi connectivity index (χ1v) is 12.4. The van der Waals surface area contributed by atoms with E-state index in [9.17, 15) is 14.7 Å². The number of piperidine rings is 1. The van der Waals surface area contributed by atoms with Crippen molar-refractivity contribution in [2.45, 2.75) is 56.8 Å². The van der Waals surface area contributed by atoms with Crippen molar-refractivity contribution >= 4 is 17.7 Å². The van der Waals surface area contributed by atoms with Crippen LogP contribution in [-0.2, 0) is 16.0 Å². The third-order valence-corrected chi connectivity index (χ3v) is 7.86. The van der Waals surface area contributed by atoms with E-state index >= 15 is 0 Å². The molecule has 6 heteroatoms. The van der Waals surface area contributed by atoms with Crippen LogP contribution in [0.4, 0.5) is 5.82 Å². The molecule has 1 aliphatic carbocycles. The number of carbonyl (C=O) groups is 2. The van der Waals surface area contributed by atoms with E-state index in [0.717, 1.165) is 75.2 Å². The van der Waals surface area contributed by atoms with Gasteiger partial charge < -0.3 is 15.3 Å². The minimum Gasteiger partial charge on any atom is -0.481 e. The smallest absolute Gasteiger partial charge is 0.311 e. The Morgan fingerprint density at radius 2 is 1.82 bits per heavy atom. The van der Waals surface area contributed by atoms with Gasteiger partial charge in [-0.25, -0.2) is 4.98 Å². The molecule has 174 valence electrons. The summed E-state index contributed by atoms with van der Waals surface area (Å²) in [7, 11) is 0. The molecule has 2 aliphatic heterocycles. The maximum absolute atomic E-state index is 13.3. The summed E-state index contributed by atoms with van der Waals surface area (Å²) in [5.41, 5.74) is 3.29. The Bertz CT molecular complexity index is 1000. The van der Waals surface area contributed by atoms with Crippen molar-refractivity contribution in [3.05, 3.63) is 59.3 Å². The summed E-state index contributed by atoms with van der Waals surface area (Å²) in [5, 5.41) is 13.3. The Morgan fingerprint density at radius 3 is 2.58 bits per heavy atom. The molecule has 2 fully saturated rings. The molecule has 0 spiro atoms. The number of rotatable bonds is 5. The molecule has 0 radical (unpaired) electrons. The van der Waals surface area contributed by atoms with Gasteiger partial charge in [-0.1, -0.05) is 36.4 Å². The molecular weight excluding hydrogens is 414 g/mol. The molecule has 1 aromatic carbocycles. The molecule has 1 saturated carbocycles. The van der Waals surface area contributed by atoms with Gasteiger partial charge in [0.15, 0.2) is 0 Å². The fourth-order valence-corrected chi connectivity index (χ4v) is 6.04. The first kappa shape index (κ1) is 21.9. The van der Waals surface area contributed by atoms with Crippen molar-refractivity contribution in [3.63, 3.8) is 0 Å². The number of aliphatic carboxylic acids is 1. The van der Waals surface area contributed by atoms with Crippen LogP contribution in [0.2, 0.25) is 0 Å². The number of hydrogen-bond donors (Lipinski definition) is 2. The highest BCUT2D eigenvalue weighted by molar-refractivity contribution is 5.80. The van der Waals surface area contributed by atoms with E-state index in [1.54, 1.807) is 0 Å². The quantitative estimate of drug-likeness (QED) is 0.709. The minimum absolute atomic E-state index is 0.0172. The number of nitrogens with one attached hydrogen (secondary N) is 1. The summed E-state index contributed by atoms with van der Waals surface area (Å²) in [6, 6.07) is 13.9. The minimum atomic E-state index is -0.785. The van der Waals surface area contributed by atoms with Crippen molar-refractivity contribution in [1.29, 1.82) is 0 Å². The molecule has 1 saturated heterocycles. The van der Waals surface area contributed by atoms with Crippen LogP contribution >= 0.6 is 0 Å². The van der Waals surface area contributed by atoms with E-state index in [-0.39, 0.29) is 17.7 Å². The standard InChI is InChI=1S/C27H33N3O3/c31-26(22-9-8-21(17-22)24(27(32)33)19-5-2-1-3-6-19)30-15-12-18(13-16-30)23-11-10-20-7-4-14-28-25(20)29-23/h1-3,5-6,10-11,18,21-22,24H,4,7-9,12-17H2,(H,28,29)(H,32,33)/t21?,22-,24?/m1/s1. The number of carbonyl (C=O) groups excluding carboxylic acids is 1. The molecule has 5 rings (SSSR count). The average Bonchev–Trinajstić information content (AvgIpc) is 3.33. The van der Waals surface area contributed by atoms with Gasteiger partial charge >= 0.3 is 5.97 Å². The molecule has 3 aliphatic rings. The second-order valence-corrected chi connectivity index (χ2v) is 9.87. The van der Waals surface area contributed by atoms with Crippen LogP contribution in [0.15, 0.2) is 42.5 Å². The maximum Gasteiger partial charge on any atom is 0.311 e. The molecule has 2 N–H and O–H groups in total. The lowest BCUT2D eigenvalue weighted by Crippen LogP contribution is -2.41. The first-order chi connectivity index (χ1) is 16.1. The number of hydrogen-bond acceptors (Lipinski definition) is 4. The summed E-state index contributed by atoms with van der Waals surface area (Å²) in [5.74, 6) is 0.306. The van der Waals surface area contributed by atoms with Crippen LogP contribution in [-0.4, -0.2) is 46.5 Å². The number of aromatic nitrogens is 1. The molecule has 2 aromatic rings. The van der Waals surface area contributed by atoms with Crippen molar-refractivity contribution in [3.8, 4) is 0 Å². The Morgan fingerprint density at radius 1 is 1.03 bits per heavy atom. The van der Waals surface area contributed by atoms with Crippen LogP contribution in [0.25, 0.3) is 0 Å². The number of likely N-dealkylation sites (tertiary alicyclic amines) is 1. The topological polar surface area (TPSA) is 82.5 Å². The van der Waals surface area contributed by atoms with Gasteiger partial charge in [-0.15, -0.1) is 0 Å². The van der Waals surface area contributed by atoms with Gasteiger partial charge in [-0.2, -0.15) is 0 Å². The average molecular weight is 448 g/mol. The third kappa shape index (κ3) is 4.61. The fourth-order valence-electron chi connectivity index (χ4n) is 6.04. The second kappa shape index (κ2) is 9.54. The molecule has 3 heterocycles. The Hall–Kier alpha value is -2.89. The summed E-state index contributed by atoms with van der Waals surface area (Å²) >= 11 is 0. The molecule has 0 bridgehead atoms. The Balaban J connectivity index is 1.18. The highest BCUT2D eigenvalue weighted by Gasteiger charge is 2.40. The molecule has 6 nitrogen and oxygen atoms in total. The Kier molecular flexibility index (Phi) is 6.34. The highest BCUT2D eigenvalue weighted by Crippen LogP contribution is 2.42. The lowest BCUT2D eigenvalue weighted by molar-refractivity contribution is -0.141. The van der Waals surface area contributed by atoms with E-state index in [4.69, 9.17) is 4.98 Å². The van der Waals surface area contributed by atoms with Gasteiger partial charge in [-0.05, 0) is 68.1 Å². The molecule has 3 atom stereocenters. The van der Waals surface area contributed by atoms with Gasteiger partial charge in [-0.3, -0.25) is 9.59 Å². The van der Waals surface area contributed by atoms with E-state index in [1.165, 1.54) is 5.56 Å². The van der Waals surface area contributed by atoms with Crippen LogP contribution < -0.4 is 5.32 Å². The van der Waals surface area contributed by atoms with E-state index in [0.29, 0.717) is 12.3 Å². The second-order valence-electron chi connectivity index (χ2n) is 9.87. The number of nitrogens with zero attached hydrogens (tertiary/aromatic N) is 2. The Labute approximate surface area is 195 Å². The number of carboxylic acid groups (broad SMARTS) is 1. The summed E-state index contributed by atoms with van der Waals surface area (Å²) in [4.78, 5) is 32.2. The normalized spacial score (nSPS) is 24.1. The summed E-state index contributed by atoms with van der Waals surface area (Å²) in [6.07, 6.45) is 6.39. The van der Waals surface area contributed by atoms with Gasteiger partial charge in [0.05, 0.1) is 5.92 Å². The van der Waals surface area contributed by atoms with E-state index in [1.807, 2.05) is 35.2 Å². The van der Waals surface area contributed by atoms with Gasteiger partial charge in [0.25, 0.3) is 0 Å². The number of pyridine rings is 1. The predicted octanol–water partition coefficient (Wildman–Crippen LogP) is 4.43. The monoisotopic (exact) mass is 447 g/mol. The first-order valence-electron chi connectivity index (χ1n) is 12.4. The zero-order chi connectivity index (χ0) is 22.8. The molecular formula is C27H33N3O3. The van der Waals surface area contributed by atoms with E-state index in [2.05, 4.69) is 17.4 Å². The zero-order valence-electron chi connectivity index (χ0n) is 19.1.